The third-order valence-electron chi connectivity index (χ3n) is 6.93. The van der Waals surface area contributed by atoms with Crippen molar-refractivity contribution in [2.45, 2.75) is 39.0 Å². The second-order valence-electron chi connectivity index (χ2n) is 8.89. The summed E-state index contributed by atoms with van der Waals surface area (Å²) in [6, 6.07) is 20.7. The van der Waals surface area contributed by atoms with E-state index in [-0.39, 0.29) is 5.92 Å². The first-order chi connectivity index (χ1) is 16.0. The summed E-state index contributed by atoms with van der Waals surface area (Å²) >= 11 is 0. The molecule has 2 heterocycles. The molecule has 154 valence electrons. The maximum absolute atomic E-state index is 8.98. The summed E-state index contributed by atoms with van der Waals surface area (Å²) in [4.78, 5) is 0. The Morgan fingerprint density at radius 3 is 2.48 bits per heavy atom. The smallest absolute Gasteiger partial charge is 0.213 e. The Balaban J connectivity index is 1.70. The highest BCUT2D eigenvalue weighted by molar-refractivity contribution is 6.22. The van der Waals surface area contributed by atoms with Crippen molar-refractivity contribution in [3.8, 4) is 11.3 Å². The fraction of sp³-hybridized carbons (Fsp3) is 0.276. The standard InChI is InChI=1S/C29H28NO/c1-19-22-11-5-6-12-23(22)29-28(24-13-7-8-14-26(24)31-29)27(19)25-18-21(15-16-30(25)2)17-20-9-3-4-10-20/h5-8,11-16,18,20H,3-4,9-10,17H2,1-2H3/q+1/i17D2. The summed E-state index contributed by atoms with van der Waals surface area (Å²) in [7, 11) is 2.05. The first kappa shape index (κ1) is 16.5. The van der Waals surface area contributed by atoms with Gasteiger partial charge in [0.1, 0.15) is 18.2 Å². The predicted molar refractivity (Wildman–Crippen MR) is 128 cm³/mol. The van der Waals surface area contributed by atoms with Crippen molar-refractivity contribution in [1.29, 1.82) is 0 Å². The van der Waals surface area contributed by atoms with Crippen LogP contribution in [0, 0.1) is 12.8 Å². The van der Waals surface area contributed by atoms with Crippen molar-refractivity contribution in [3.63, 3.8) is 0 Å². The lowest BCUT2D eigenvalue weighted by molar-refractivity contribution is -0.660. The molecule has 0 atom stereocenters. The zero-order valence-corrected chi connectivity index (χ0v) is 18.1. The molecule has 5 aromatic rings. The van der Waals surface area contributed by atoms with Gasteiger partial charge in [0.25, 0.3) is 0 Å². The zero-order valence-electron chi connectivity index (χ0n) is 20.1. The number of fused-ring (bicyclic) bond motifs is 5. The summed E-state index contributed by atoms with van der Waals surface area (Å²) in [6.45, 7) is 2.18. The van der Waals surface area contributed by atoms with Crippen LogP contribution in [0.15, 0.2) is 71.3 Å². The molecule has 1 aliphatic rings. The predicted octanol–water partition coefficient (Wildman–Crippen LogP) is 7.27. The van der Waals surface area contributed by atoms with Crippen molar-refractivity contribution in [2.24, 2.45) is 13.0 Å². The minimum Gasteiger partial charge on any atom is -0.455 e. The monoisotopic (exact) mass is 408 g/mol. The number of nitrogens with zero attached hydrogens (tertiary/aromatic N) is 1. The largest absolute Gasteiger partial charge is 0.455 e. The molecule has 0 spiro atoms. The van der Waals surface area contributed by atoms with Gasteiger partial charge in [-0.05, 0) is 41.8 Å². The van der Waals surface area contributed by atoms with Gasteiger partial charge in [0.15, 0.2) is 6.20 Å². The van der Waals surface area contributed by atoms with Crippen LogP contribution in [0.3, 0.4) is 0 Å². The van der Waals surface area contributed by atoms with Gasteiger partial charge in [-0.3, -0.25) is 0 Å². The van der Waals surface area contributed by atoms with Gasteiger partial charge in [-0.25, -0.2) is 4.57 Å². The molecule has 3 aromatic carbocycles. The van der Waals surface area contributed by atoms with Gasteiger partial charge >= 0.3 is 0 Å². The number of hydrogen-bond donors (Lipinski definition) is 0. The van der Waals surface area contributed by atoms with Crippen LogP contribution in [0.1, 0.15) is 39.6 Å². The average molecular weight is 409 g/mol. The van der Waals surface area contributed by atoms with E-state index < -0.39 is 6.37 Å². The highest BCUT2D eigenvalue weighted by atomic mass is 16.3. The molecule has 0 bridgehead atoms. The van der Waals surface area contributed by atoms with E-state index >= 15 is 0 Å². The van der Waals surface area contributed by atoms with E-state index in [1.807, 2.05) is 31.4 Å². The maximum Gasteiger partial charge on any atom is 0.213 e. The zero-order chi connectivity index (χ0) is 22.7. The number of pyridine rings is 1. The van der Waals surface area contributed by atoms with Crippen LogP contribution in [0.25, 0.3) is 44.0 Å². The van der Waals surface area contributed by atoms with Gasteiger partial charge in [0, 0.05) is 31.0 Å². The van der Waals surface area contributed by atoms with E-state index in [0.29, 0.717) is 0 Å². The second kappa shape index (κ2) is 7.23. The molecule has 0 saturated heterocycles. The number of rotatable bonds is 3. The van der Waals surface area contributed by atoms with E-state index in [1.54, 1.807) is 0 Å². The Hall–Kier alpha value is -3.13. The van der Waals surface area contributed by atoms with E-state index in [1.165, 1.54) is 10.9 Å². The van der Waals surface area contributed by atoms with Crippen molar-refractivity contribution < 1.29 is 11.7 Å². The highest BCUT2D eigenvalue weighted by Crippen LogP contribution is 2.43. The van der Waals surface area contributed by atoms with E-state index in [0.717, 1.165) is 69.8 Å². The van der Waals surface area contributed by atoms with Crippen molar-refractivity contribution in [2.75, 3.05) is 0 Å². The van der Waals surface area contributed by atoms with Gasteiger partial charge in [0.2, 0.25) is 5.69 Å². The number of furan rings is 1. The maximum atomic E-state index is 8.98. The molecule has 1 saturated carbocycles. The molecule has 0 unspecified atom stereocenters. The van der Waals surface area contributed by atoms with Gasteiger partial charge < -0.3 is 4.42 Å². The second-order valence-corrected chi connectivity index (χ2v) is 8.89. The lowest BCUT2D eigenvalue weighted by Gasteiger charge is -2.13. The summed E-state index contributed by atoms with van der Waals surface area (Å²) < 4.78 is 26.5. The Morgan fingerprint density at radius 1 is 0.968 bits per heavy atom. The molecular formula is C29H28NO+. The fourth-order valence-corrected chi connectivity index (χ4v) is 5.35. The molecule has 2 nitrogen and oxygen atoms in total. The number of aromatic nitrogens is 1. The van der Waals surface area contributed by atoms with Crippen LogP contribution in [0.5, 0.6) is 0 Å². The minimum absolute atomic E-state index is 0.0885. The lowest BCUT2D eigenvalue weighted by Crippen LogP contribution is -2.31. The van der Waals surface area contributed by atoms with Gasteiger partial charge in [-0.15, -0.1) is 0 Å². The minimum atomic E-state index is -1.33. The average Bonchev–Trinajstić information content (AvgIpc) is 3.49. The van der Waals surface area contributed by atoms with Gasteiger partial charge in [-0.1, -0.05) is 68.1 Å². The first-order valence-electron chi connectivity index (χ1n) is 12.3. The molecule has 1 fully saturated rings. The van der Waals surface area contributed by atoms with Crippen LogP contribution in [0.4, 0.5) is 0 Å². The van der Waals surface area contributed by atoms with Gasteiger partial charge in [-0.2, -0.15) is 0 Å². The molecular weight excluding hydrogens is 378 g/mol. The van der Waals surface area contributed by atoms with E-state index in [9.17, 15) is 0 Å². The summed E-state index contributed by atoms with van der Waals surface area (Å²) in [5.74, 6) is 0.0885. The summed E-state index contributed by atoms with van der Waals surface area (Å²) in [5.41, 5.74) is 5.89. The molecule has 0 amide bonds. The Bertz CT molecular complexity index is 1530. The quantitative estimate of drug-likeness (QED) is 0.287. The molecule has 2 aromatic heterocycles. The topological polar surface area (TPSA) is 17.0 Å². The van der Waals surface area contributed by atoms with Crippen LogP contribution in [-0.4, -0.2) is 0 Å². The Kier molecular flexibility index (Phi) is 3.86. The summed E-state index contributed by atoms with van der Waals surface area (Å²) in [6.07, 6.45) is 4.87. The Morgan fingerprint density at radius 2 is 1.68 bits per heavy atom. The van der Waals surface area contributed by atoms with Gasteiger partial charge in [0.05, 0.1) is 5.56 Å². The molecule has 2 heteroatoms. The lowest BCUT2D eigenvalue weighted by atomic mass is 9.91. The SMILES string of the molecule is [2H]C([2H])(c1cc[n+](C)c(-c2c(C)c3ccccc3c3oc4ccccc4c23)c1)C1CCCC1. The van der Waals surface area contributed by atoms with Crippen molar-refractivity contribution in [1.82, 2.24) is 0 Å². The number of hydrogen-bond acceptors (Lipinski definition) is 1. The molecule has 0 aliphatic heterocycles. The van der Waals surface area contributed by atoms with Crippen LogP contribution >= 0.6 is 0 Å². The fourth-order valence-electron chi connectivity index (χ4n) is 5.35. The molecule has 0 N–H and O–H groups in total. The number of aryl methyl sites for hydroxylation is 2. The molecule has 1 aliphatic carbocycles. The third-order valence-corrected chi connectivity index (χ3v) is 6.93. The van der Waals surface area contributed by atoms with Crippen LogP contribution in [-0.2, 0) is 13.4 Å². The third kappa shape index (κ3) is 2.96. The highest BCUT2D eigenvalue weighted by Gasteiger charge is 2.24. The number of para-hydroxylation sites is 1. The first-order valence-corrected chi connectivity index (χ1v) is 11.3. The molecule has 0 radical (unpaired) electrons. The van der Waals surface area contributed by atoms with Crippen molar-refractivity contribution in [3.05, 3.63) is 78.0 Å². The van der Waals surface area contributed by atoms with Crippen LogP contribution in [0.2, 0.25) is 0 Å². The molecule has 31 heavy (non-hydrogen) atoms. The normalized spacial score (nSPS) is 16.3. The number of benzene rings is 3. The van der Waals surface area contributed by atoms with Crippen LogP contribution < -0.4 is 4.57 Å². The Labute approximate surface area is 185 Å². The molecule has 6 rings (SSSR count). The summed E-state index contributed by atoms with van der Waals surface area (Å²) in [5, 5.41) is 4.49. The van der Waals surface area contributed by atoms with E-state index in [2.05, 4.69) is 54.0 Å². The van der Waals surface area contributed by atoms with Crippen molar-refractivity contribution >= 4 is 32.7 Å². The van der Waals surface area contributed by atoms with E-state index in [4.69, 9.17) is 7.16 Å².